The van der Waals surface area contributed by atoms with E-state index in [0.29, 0.717) is 5.92 Å². The summed E-state index contributed by atoms with van der Waals surface area (Å²) in [7, 11) is 0. The summed E-state index contributed by atoms with van der Waals surface area (Å²) in [4.78, 5) is 2.70. The fourth-order valence-corrected chi connectivity index (χ4v) is 10.2. The van der Waals surface area contributed by atoms with Crippen LogP contribution in [-0.4, -0.2) is 0 Å². The lowest BCUT2D eigenvalue weighted by Crippen LogP contribution is -2.37. The molecule has 218 valence electrons. The number of hydrogen-bond acceptors (Lipinski definition) is 1. The third kappa shape index (κ3) is 3.58. The number of benzene rings is 7. The minimum Gasteiger partial charge on any atom is -0.0885 e. The van der Waals surface area contributed by atoms with E-state index in [-0.39, 0.29) is 5.41 Å². The first-order chi connectivity index (χ1) is 22.8. The van der Waals surface area contributed by atoms with E-state index in [1.807, 2.05) is 11.8 Å². The van der Waals surface area contributed by atoms with Crippen molar-refractivity contribution in [3.8, 4) is 33.4 Å². The Labute approximate surface area is 274 Å². The van der Waals surface area contributed by atoms with Gasteiger partial charge in [0.05, 0.1) is 5.41 Å². The molecule has 1 heteroatoms. The second-order valence-corrected chi connectivity index (χ2v) is 14.1. The first kappa shape index (κ1) is 26.4. The summed E-state index contributed by atoms with van der Waals surface area (Å²) in [6.07, 6.45) is 8.22. The van der Waals surface area contributed by atoms with Crippen LogP contribution < -0.4 is 0 Å². The number of hydrogen-bond donors (Lipinski definition) is 0. The van der Waals surface area contributed by atoms with Crippen molar-refractivity contribution in [2.45, 2.75) is 34.5 Å². The van der Waals surface area contributed by atoms with Gasteiger partial charge in [0.1, 0.15) is 0 Å². The van der Waals surface area contributed by atoms with Crippen molar-refractivity contribution in [2.75, 3.05) is 0 Å². The molecule has 46 heavy (non-hydrogen) atoms. The zero-order chi connectivity index (χ0) is 30.2. The molecule has 0 nitrogen and oxygen atoms in total. The Morgan fingerprint density at radius 1 is 0.543 bits per heavy atom. The molecule has 2 atom stereocenters. The zero-order valence-corrected chi connectivity index (χ0v) is 26.4. The molecule has 7 aromatic rings. The van der Waals surface area contributed by atoms with Crippen LogP contribution in [0.15, 0.2) is 161 Å². The molecule has 0 amide bonds. The summed E-state index contributed by atoms with van der Waals surface area (Å²) >= 11 is 1.92. The molecule has 0 saturated heterocycles. The molecular formula is C45H32S. The fraction of sp³-hybridized carbons (Fsp3) is 0.111. The third-order valence-electron chi connectivity index (χ3n) is 10.9. The molecule has 10 rings (SSSR count). The van der Waals surface area contributed by atoms with Gasteiger partial charge in [-0.1, -0.05) is 157 Å². The highest BCUT2D eigenvalue weighted by Gasteiger charge is 2.50. The highest BCUT2D eigenvalue weighted by Crippen LogP contribution is 2.60. The number of fused-ring (bicyclic) bond motifs is 7. The normalized spacial score (nSPS) is 19.2. The van der Waals surface area contributed by atoms with Crippen molar-refractivity contribution >= 4 is 33.3 Å². The standard InChI is InChI=1S/C45H32S/c1-2-13-32(14-3-1)45(40-19-8-6-16-36(40)39-28-23-29-11-4-5-15-34(29)43(39)45)33-25-21-30(22-26-33)35-27-24-31-12-10-18-38-37-17-7-9-20-41(37)46-44(35)42(31)38/h1-2,4-12,15-28,32H,3,13-14H2. The molecule has 0 saturated carbocycles. The van der Waals surface area contributed by atoms with Crippen molar-refractivity contribution in [2.24, 2.45) is 5.92 Å². The van der Waals surface area contributed by atoms with Crippen LogP contribution in [0.5, 0.6) is 0 Å². The van der Waals surface area contributed by atoms with Gasteiger partial charge in [0.15, 0.2) is 0 Å². The summed E-state index contributed by atoms with van der Waals surface area (Å²) in [5.41, 5.74) is 12.2. The molecule has 0 spiro atoms. The summed E-state index contributed by atoms with van der Waals surface area (Å²) in [5, 5.41) is 5.40. The predicted octanol–water partition coefficient (Wildman–Crippen LogP) is 12.5. The molecule has 0 radical (unpaired) electrons. The zero-order valence-electron chi connectivity index (χ0n) is 25.5. The maximum atomic E-state index is 2.46. The first-order valence-corrected chi connectivity index (χ1v) is 17.3. The van der Waals surface area contributed by atoms with E-state index in [0.717, 1.165) is 12.8 Å². The molecule has 7 aromatic carbocycles. The van der Waals surface area contributed by atoms with E-state index in [2.05, 4.69) is 152 Å². The molecule has 3 aliphatic rings. The summed E-state index contributed by atoms with van der Waals surface area (Å²) in [5.74, 6) is 0.480. The van der Waals surface area contributed by atoms with Gasteiger partial charge in [-0.3, -0.25) is 0 Å². The largest absolute Gasteiger partial charge is 0.0885 e. The van der Waals surface area contributed by atoms with Crippen molar-refractivity contribution in [1.29, 1.82) is 0 Å². The lowest BCUT2D eigenvalue weighted by atomic mass is 9.60. The van der Waals surface area contributed by atoms with E-state index >= 15 is 0 Å². The second kappa shape index (κ2) is 10.1. The van der Waals surface area contributed by atoms with Crippen LogP contribution in [-0.2, 0) is 5.41 Å². The van der Waals surface area contributed by atoms with Gasteiger partial charge in [-0.05, 0) is 97.5 Å². The summed E-state index contributed by atoms with van der Waals surface area (Å²) in [6, 6.07) is 53.0. The Hall–Kier alpha value is -4.85. The van der Waals surface area contributed by atoms with E-state index in [1.165, 1.54) is 87.8 Å². The van der Waals surface area contributed by atoms with Gasteiger partial charge in [0.25, 0.3) is 0 Å². The highest BCUT2D eigenvalue weighted by molar-refractivity contribution is 8.00. The molecular weight excluding hydrogens is 573 g/mol. The van der Waals surface area contributed by atoms with Crippen LogP contribution in [0.2, 0.25) is 0 Å². The Morgan fingerprint density at radius 3 is 2.17 bits per heavy atom. The van der Waals surface area contributed by atoms with Crippen LogP contribution >= 0.6 is 11.8 Å². The van der Waals surface area contributed by atoms with E-state index in [1.54, 1.807) is 0 Å². The van der Waals surface area contributed by atoms with E-state index in [4.69, 9.17) is 0 Å². The predicted molar refractivity (Wildman–Crippen MR) is 195 cm³/mol. The van der Waals surface area contributed by atoms with Crippen LogP contribution in [0.4, 0.5) is 0 Å². The smallest absolute Gasteiger partial charge is 0.0500 e. The van der Waals surface area contributed by atoms with Crippen molar-refractivity contribution in [3.63, 3.8) is 0 Å². The van der Waals surface area contributed by atoms with Gasteiger partial charge in [-0.15, -0.1) is 0 Å². The van der Waals surface area contributed by atoms with Gasteiger partial charge in [0.2, 0.25) is 0 Å². The lowest BCUT2D eigenvalue weighted by molar-refractivity contribution is 0.351. The Bertz CT molecular complexity index is 2380. The molecule has 1 aliphatic heterocycles. The Kier molecular flexibility index (Phi) is 5.78. The van der Waals surface area contributed by atoms with Crippen LogP contribution in [0, 0.1) is 5.92 Å². The van der Waals surface area contributed by atoms with Gasteiger partial charge in [-0.25, -0.2) is 0 Å². The molecule has 1 heterocycles. The number of rotatable bonds is 3. The average Bonchev–Trinajstić information content (AvgIpc) is 3.44. The van der Waals surface area contributed by atoms with Gasteiger partial charge >= 0.3 is 0 Å². The lowest BCUT2D eigenvalue weighted by Gasteiger charge is -2.42. The van der Waals surface area contributed by atoms with Crippen LogP contribution in [0.3, 0.4) is 0 Å². The molecule has 0 aromatic heterocycles. The summed E-state index contributed by atoms with van der Waals surface area (Å²) < 4.78 is 0. The SMILES string of the molecule is C1=CCC(C2(c3ccc(-c4ccc5cccc6c5c4Sc4ccccc4-6)cc3)c3ccccc3-c3ccc4ccccc4c32)CC1. The van der Waals surface area contributed by atoms with E-state index in [9.17, 15) is 0 Å². The quantitative estimate of drug-likeness (QED) is 0.181. The van der Waals surface area contributed by atoms with Crippen molar-refractivity contribution in [3.05, 3.63) is 168 Å². The van der Waals surface area contributed by atoms with Gasteiger partial charge in [-0.2, -0.15) is 0 Å². The van der Waals surface area contributed by atoms with Gasteiger partial charge < -0.3 is 0 Å². The Morgan fingerprint density at radius 2 is 1.28 bits per heavy atom. The average molecular weight is 605 g/mol. The second-order valence-electron chi connectivity index (χ2n) is 13.1. The fourth-order valence-electron chi connectivity index (χ4n) is 8.97. The minimum atomic E-state index is -0.214. The molecule has 0 bridgehead atoms. The van der Waals surface area contributed by atoms with Crippen LogP contribution in [0.25, 0.3) is 54.9 Å². The maximum Gasteiger partial charge on any atom is 0.0500 e. The monoisotopic (exact) mass is 604 g/mol. The number of allylic oxidation sites excluding steroid dienone is 2. The Balaban J connectivity index is 1.21. The maximum absolute atomic E-state index is 2.46. The molecule has 2 aliphatic carbocycles. The summed E-state index contributed by atoms with van der Waals surface area (Å²) in [6.45, 7) is 0. The molecule has 0 fully saturated rings. The minimum absolute atomic E-state index is 0.214. The van der Waals surface area contributed by atoms with Crippen molar-refractivity contribution < 1.29 is 0 Å². The van der Waals surface area contributed by atoms with E-state index < -0.39 is 0 Å². The highest BCUT2D eigenvalue weighted by atomic mass is 32.2. The topological polar surface area (TPSA) is 0 Å². The first-order valence-electron chi connectivity index (χ1n) is 16.5. The van der Waals surface area contributed by atoms with Gasteiger partial charge in [0, 0.05) is 15.2 Å². The van der Waals surface area contributed by atoms with Crippen molar-refractivity contribution in [1.82, 2.24) is 0 Å². The van der Waals surface area contributed by atoms with Crippen LogP contribution in [0.1, 0.15) is 36.0 Å². The molecule has 0 N–H and O–H groups in total. The third-order valence-corrected chi connectivity index (χ3v) is 12.1. The molecule has 2 unspecified atom stereocenters.